The Labute approximate surface area is 135 Å². The minimum Gasteiger partial charge on any atom is -0.465 e. The van der Waals surface area contributed by atoms with Crippen molar-refractivity contribution in [1.29, 1.82) is 0 Å². The van der Waals surface area contributed by atoms with Crippen LogP contribution in [0.4, 0.5) is 4.79 Å². The molecule has 1 aliphatic rings. The van der Waals surface area contributed by atoms with Crippen LogP contribution in [0.1, 0.15) is 45.4 Å². The summed E-state index contributed by atoms with van der Waals surface area (Å²) in [6.07, 6.45) is 0.566. The van der Waals surface area contributed by atoms with E-state index < -0.39 is 11.6 Å². The third kappa shape index (κ3) is 3.06. The Balaban J connectivity index is 1.68. The van der Waals surface area contributed by atoms with E-state index in [4.69, 9.17) is 4.42 Å². The van der Waals surface area contributed by atoms with Crippen molar-refractivity contribution < 1.29 is 14.3 Å². The maximum absolute atomic E-state index is 11.5. The molecule has 23 heavy (non-hydrogen) atoms. The SMILES string of the molecule is CC(C)(C)N(C(=O)O)[C@H]1C[C@H](c2nnc(-c3ccccc3)o2)C1. The highest BCUT2D eigenvalue weighted by molar-refractivity contribution is 5.66. The monoisotopic (exact) mass is 315 g/mol. The van der Waals surface area contributed by atoms with Gasteiger partial charge >= 0.3 is 6.09 Å². The van der Waals surface area contributed by atoms with Gasteiger partial charge in [-0.05, 0) is 45.7 Å². The fraction of sp³-hybridized carbons (Fsp3) is 0.471. The maximum atomic E-state index is 11.5. The number of benzene rings is 1. The molecule has 1 saturated carbocycles. The summed E-state index contributed by atoms with van der Waals surface area (Å²) in [7, 11) is 0. The summed E-state index contributed by atoms with van der Waals surface area (Å²) in [6, 6.07) is 9.63. The van der Waals surface area contributed by atoms with E-state index in [2.05, 4.69) is 10.2 Å². The molecule has 0 saturated heterocycles. The zero-order chi connectivity index (χ0) is 16.6. The third-order valence-corrected chi connectivity index (χ3v) is 4.22. The lowest BCUT2D eigenvalue weighted by molar-refractivity contribution is 0.0298. The smallest absolute Gasteiger partial charge is 0.407 e. The van der Waals surface area contributed by atoms with Gasteiger partial charge < -0.3 is 14.4 Å². The average molecular weight is 315 g/mol. The zero-order valence-corrected chi connectivity index (χ0v) is 13.6. The lowest BCUT2D eigenvalue weighted by atomic mass is 9.78. The van der Waals surface area contributed by atoms with Gasteiger partial charge in [0.05, 0.1) is 0 Å². The van der Waals surface area contributed by atoms with Gasteiger partial charge in [0.2, 0.25) is 11.8 Å². The number of carbonyl (C=O) groups is 1. The van der Waals surface area contributed by atoms with Crippen molar-refractivity contribution in [2.75, 3.05) is 0 Å². The van der Waals surface area contributed by atoms with Crippen LogP contribution >= 0.6 is 0 Å². The molecule has 0 bridgehead atoms. The number of amides is 1. The first kappa shape index (κ1) is 15.5. The highest BCUT2D eigenvalue weighted by atomic mass is 16.4. The van der Waals surface area contributed by atoms with Crippen LogP contribution in [0.3, 0.4) is 0 Å². The first-order chi connectivity index (χ1) is 10.9. The predicted octanol–water partition coefficient (Wildman–Crippen LogP) is 3.76. The Kier molecular flexibility index (Phi) is 3.83. The summed E-state index contributed by atoms with van der Waals surface area (Å²) in [4.78, 5) is 13.0. The molecule has 1 aromatic carbocycles. The van der Waals surface area contributed by atoms with E-state index in [-0.39, 0.29) is 12.0 Å². The predicted molar refractivity (Wildman–Crippen MR) is 85.1 cm³/mol. The molecule has 0 unspecified atom stereocenters. The van der Waals surface area contributed by atoms with Crippen LogP contribution in [0, 0.1) is 0 Å². The van der Waals surface area contributed by atoms with Crippen molar-refractivity contribution in [2.45, 2.75) is 51.1 Å². The first-order valence-corrected chi connectivity index (χ1v) is 7.77. The Morgan fingerprint density at radius 3 is 2.43 bits per heavy atom. The topological polar surface area (TPSA) is 79.5 Å². The van der Waals surface area contributed by atoms with E-state index in [0.29, 0.717) is 11.8 Å². The molecule has 1 N–H and O–H groups in total. The third-order valence-electron chi connectivity index (χ3n) is 4.22. The second-order valence-corrected chi connectivity index (χ2v) is 6.96. The summed E-state index contributed by atoms with van der Waals surface area (Å²) in [5, 5.41) is 17.7. The van der Waals surface area contributed by atoms with Crippen LogP contribution in [0.15, 0.2) is 34.7 Å². The minimum absolute atomic E-state index is 0.00424. The normalized spacial score (nSPS) is 20.8. The van der Waals surface area contributed by atoms with Crippen LogP contribution in [0.2, 0.25) is 0 Å². The molecule has 1 heterocycles. The van der Waals surface area contributed by atoms with Crippen molar-refractivity contribution in [3.05, 3.63) is 36.2 Å². The van der Waals surface area contributed by atoms with E-state index >= 15 is 0 Å². The second-order valence-electron chi connectivity index (χ2n) is 6.96. The summed E-state index contributed by atoms with van der Waals surface area (Å²) in [5.74, 6) is 1.24. The highest BCUT2D eigenvalue weighted by Gasteiger charge is 2.43. The molecule has 1 aromatic heterocycles. The fourth-order valence-corrected chi connectivity index (χ4v) is 3.09. The molecule has 0 aliphatic heterocycles. The quantitative estimate of drug-likeness (QED) is 0.933. The molecule has 3 rings (SSSR count). The molecular formula is C17H21N3O3. The van der Waals surface area contributed by atoms with Gasteiger partial charge in [0.25, 0.3) is 0 Å². The molecule has 6 heteroatoms. The minimum atomic E-state index is -0.878. The average Bonchev–Trinajstić information content (AvgIpc) is 2.90. The van der Waals surface area contributed by atoms with Crippen molar-refractivity contribution in [2.24, 2.45) is 0 Å². The Hall–Kier alpha value is -2.37. The van der Waals surface area contributed by atoms with Crippen LogP contribution in [0.25, 0.3) is 11.5 Å². The standard InChI is InChI=1S/C17H21N3O3/c1-17(2,3)20(16(21)22)13-9-12(10-13)15-19-18-14(23-15)11-7-5-4-6-8-11/h4-8,12-13H,9-10H2,1-3H3,(H,21,22)/t12-,13-. The van der Waals surface area contributed by atoms with Gasteiger partial charge in [-0.2, -0.15) is 0 Å². The number of rotatable bonds is 3. The van der Waals surface area contributed by atoms with Gasteiger partial charge in [0.1, 0.15) is 0 Å². The van der Waals surface area contributed by atoms with Crippen molar-refractivity contribution in [3.8, 4) is 11.5 Å². The number of carboxylic acid groups (broad SMARTS) is 1. The second kappa shape index (κ2) is 5.68. The number of nitrogens with zero attached hydrogens (tertiary/aromatic N) is 3. The van der Waals surface area contributed by atoms with Gasteiger partial charge in [-0.1, -0.05) is 18.2 Å². The summed E-state index contributed by atoms with van der Waals surface area (Å²) < 4.78 is 5.76. The first-order valence-electron chi connectivity index (χ1n) is 7.77. The molecule has 0 radical (unpaired) electrons. The molecule has 0 atom stereocenters. The van der Waals surface area contributed by atoms with Gasteiger partial charge in [0.15, 0.2) is 0 Å². The lowest BCUT2D eigenvalue weighted by Gasteiger charge is -2.46. The van der Waals surface area contributed by atoms with Gasteiger partial charge in [-0.15, -0.1) is 10.2 Å². The van der Waals surface area contributed by atoms with Gasteiger partial charge in [-0.3, -0.25) is 0 Å². The molecule has 0 spiro atoms. The molecule has 1 aliphatic carbocycles. The molecule has 1 amide bonds. The molecule has 6 nitrogen and oxygen atoms in total. The molecule has 1 fully saturated rings. The van der Waals surface area contributed by atoms with Crippen molar-refractivity contribution in [1.82, 2.24) is 15.1 Å². The van der Waals surface area contributed by atoms with E-state index in [1.807, 2.05) is 51.1 Å². The molecular weight excluding hydrogens is 294 g/mol. The molecule has 122 valence electrons. The Morgan fingerprint density at radius 1 is 1.22 bits per heavy atom. The van der Waals surface area contributed by atoms with E-state index in [1.165, 1.54) is 4.90 Å². The van der Waals surface area contributed by atoms with Crippen molar-refractivity contribution >= 4 is 6.09 Å². The van der Waals surface area contributed by atoms with E-state index in [0.717, 1.165) is 18.4 Å². The van der Waals surface area contributed by atoms with Crippen LogP contribution in [0.5, 0.6) is 0 Å². The van der Waals surface area contributed by atoms with Crippen LogP contribution in [-0.2, 0) is 0 Å². The summed E-state index contributed by atoms with van der Waals surface area (Å²) >= 11 is 0. The Morgan fingerprint density at radius 2 is 1.87 bits per heavy atom. The lowest BCUT2D eigenvalue weighted by Crippen LogP contribution is -2.55. The number of aromatic nitrogens is 2. The van der Waals surface area contributed by atoms with Gasteiger partial charge in [0, 0.05) is 23.1 Å². The zero-order valence-electron chi connectivity index (χ0n) is 13.6. The maximum Gasteiger partial charge on any atom is 0.407 e. The summed E-state index contributed by atoms with van der Waals surface area (Å²) in [5.41, 5.74) is 0.481. The van der Waals surface area contributed by atoms with Crippen LogP contribution in [-0.4, -0.2) is 37.9 Å². The molecule has 2 aromatic rings. The van der Waals surface area contributed by atoms with E-state index in [9.17, 15) is 9.90 Å². The number of hydrogen-bond acceptors (Lipinski definition) is 4. The Bertz CT molecular complexity index is 685. The van der Waals surface area contributed by atoms with Crippen LogP contribution < -0.4 is 0 Å². The highest BCUT2D eigenvalue weighted by Crippen LogP contribution is 2.42. The fourth-order valence-electron chi connectivity index (χ4n) is 3.09. The number of hydrogen-bond donors (Lipinski definition) is 1. The summed E-state index contributed by atoms with van der Waals surface area (Å²) in [6.45, 7) is 5.73. The van der Waals surface area contributed by atoms with Crippen molar-refractivity contribution in [3.63, 3.8) is 0 Å². The van der Waals surface area contributed by atoms with Gasteiger partial charge in [-0.25, -0.2) is 4.79 Å². The largest absolute Gasteiger partial charge is 0.465 e. The van der Waals surface area contributed by atoms with E-state index in [1.54, 1.807) is 0 Å².